The van der Waals surface area contributed by atoms with Gasteiger partial charge in [-0.2, -0.15) is 0 Å². The van der Waals surface area contributed by atoms with Gasteiger partial charge in [-0.1, -0.05) is 19.9 Å². The zero-order valence-electron chi connectivity index (χ0n) is 16.1. The van der Waals surface area contributed by atoms with Gasteiger partial charge in [0.2, 0.25) is 0 Å². The summed E-state index contributed by atoms with van der Waals surface area (Å²) >= 11 is 0. The van der Waals surface area contributed by atoms with Crippen LogP contribution in [-0.4, -0.2) is 80.1 Å². The van der Waals surface area contributed by atoms with E-state index in [-0.39, 0.29) is 0 Å². The van der Waals surface area contributed by atoms with E-state index in [1.54, 1.807) is 0 Å². The van der Waals surface area contributed by atoms with Crippen molar-refractivity contribution in [2.24, 2.45) is 4.99 Å². The Morgan fingerprint density at radius 1 is 1.16 bits per heavy atom. The predicted molar refractivity (Wildman–Crippen MR) is 106 cm³/mol. The van der Waals surface area contributed by atoms with E-state index >= 15 is 0 Å². The molecule has 1 saturated heterocycles. The van der Waals surface area contributed by atoms with Crippen LogP contribution in [0.2, 0.25) is 0 Å². The van der Waals surface area contributed by atoms with E-state index in [1.165, 1.54) is 19.4 Å². The van der Waals surface area contributed by atoms with Gasteiger partial charge in [0.1, 0.15) is 5.82 Å². The van der Waals surface area contributed by atoms with E-state index in [1.807, 2.05) is 25.4 Å². The van der Waals surface area contributed by atoms with Gasteiger partial charge in [0.05, 0.1) is 0 Å². The summed E-state index contributed by atoms with van der Waals surface area (Å²) < 4.78 is 0. The van der Waals surface area contributed by atoms with Crippen LogP contribution < -0.4 is 10.2 Å². The number of aromatic nitrogens is 1. The third-order valence-corrected chi connectivity index (χ3v) is 4.84. The van der Waals surface area contributed by atoms with Crippen molar-refractivity contribution in [3.63, 3.8) is 0 Å². The number of aliphatic imine (C=N–C) groups is 1. The number of pyridine rings is 1. The molecular weight excluding hydrogens is 312 g/mol. The maximum Gasteiger partial charge on any atom is 0.193 e. The van der Waals surface area contributed by atoms with Crippen molar-refractivity contribution >= 4 is 11.8 Å². The maximum atomic E-state index is 4.46. The molecule has 0 radical (unpaired) electrons. The van der Waals surface area contributed by atoms with E-state index in [4.69, 9.17) is 0 Å². The van der Waals surface area contributed by atoms with Crippen LogP contribution in [0.3, 0.4) is 0 Å². The lowest BCUT2D eigenvalue weighted by molar-refractivity contribution is 0.296. The van der Waals surface area contributed by atoms with Gasteiger partial charge in [-0.3, -0.25) is 4.99 Å². The van der Waals surface area contributed by atoms with Crippen LogP contribution in [0, 0.1) is 0 Å². The van der Waals surface area contributed by atoms with Crippen molar-refractivity contribution in [2.45, 2.75) is 26.7 Å². The molecule has 0 aliphatic carbocycles. The number of unbranched alkanes of at least 4 members (excludes halogenated alkanes) is 1. The highest BCUT2D eigenvalue weighted by Crippen LogP contribution is 2.12. The Morgan fingerprint density at radius 2 is 1.92 bits per heavy atom. The molecule has 2 rings (SSSR count). The zero-order valence-corrected chi connectivity index (χ0v) is 16.1. The van der Waals surface area contributed by atoms with Crippen LogP contribution in [-0.2, 0) is 0 Å². The standard InChI is InChI=1S/C19H34N6/c1-4-23(5-2)13-9-8-12-22-19(20-3)25-16-14-24(15-17-25)18-10-6-7-11-21-18/h6-7,10-11H,4-5,8-9,12-17H2,1-3H3,(H,20,22). The number of rotatable bonds is 8. The first-order valence-corrected chi connectivity index (χ1v) is 9.62. The van der Waals surface area contributed by atoms with Gasteiger partial charge in [-0.25, -0.2) is 4.98 Å². The molecule has 0 bridgehead atoms. The summed E-state index contributed by atoms with van der Waals surface area (Å²) in [6.45, 7) is 12.9. The second-order valence-electron chi connectivity index (χ2n) is 6.37. The van der Waals surface area contributed by atoms with Crippen molar-refractivity contribution in [1.29, 1.82) is 0 Å². The largest absolute Gasteiger partial charge is 0.356 e. The summed E-state index contributed by atoms with van der Waals surface area (Å²) in [6.07, 6.45) is 4.28. The third-order valence-electron chi connectivity index (χ3n) is 4.84. The number of anilines is 1. The van der Waals surface area contributed by atoms with Gasteiger partial charge < -0.3 is 20.0 Å². The minimum Gasteiger partial charge on any atom is -0.356 e. The topological polar surface area (TPSA) is 47.0 Å². The highest BCUT2D eigenvalue weighted by molar-refractivity contribution is 5.80. The van der Waals surface area contributed by atoms with Gasteiger partial charge in [0.15, 0.2) is 5.96 Å². The first kappa shape index (κ1) is 19.5. The van der Waals surface area contributed by atoms with Crippen molar-refractivity contribution in [2.75, 3.05) is 64.3 Å². The highest BCUT2D eigenvalue weighted by Gasteiger charge is 2.20. The van der Waals surface area contributed by atoms with Crippen LogP contribution in [0.25, 0.3) is 0 Å². The number of guanidine groups is 1. The second kappa shape index (κ2) is 10.9. The quantitative estimate of drug-likeness (QED) is 0.443. The van der Waals surface area contributed by atoms with Gasteiger partial charge >= 0.3 is 0 Å². The highest BCUT2D eigenvalue weighted by atomic mass is 15.4. The Kier molecular flexibility index (Phi) is 8.52. The fraction of sp³-hybridized carbons (Fsp3) is 0.684. The van der Waals surface area contributed by atoms with Crippen LogP contribution in [0.5, 0.6) is 0 Å². The van der Waals surface area contributed by atoms with E-state index in [9.17, 15) is 0 Å². The van der Waals surface area contributed by atoms with Crippen LogP contribution in [0.1, 0.15) is 26.7 Å². The fourth-order valence-corrected chi connectivity index (χ4v) is 3.22. The first-order chi connectivity index (χ1) is 12.3. The zero-order chi connectivity index (χ0) is 17.9. The average molecular weight is 347 g/mol. The smallest absolute Gasteiger partial charge is 0.193 e. The molecule has 1 aliphatic rings. The molecule has 1 N–H and O–H groups in total. The molecule has 0 atom stereocenters. The molecule has 0 amide bonds. The SMILES string of the molecule is CCN(CC)CCCCNC(=NC)N1CCN(c2ccccn2)CC1. The lowest BCUT2D eigenvalue weighted by Gasteiger charge is -2.37. The summed E-state index contributed by atoms with van der Waals surface area (Å²) in [6, 6.07) is 6.10. The molecule has 6 heteroatoms. The molecule has 1 aliphatic heterocycles. The summed E-state index contributed by atoms with van der Waals surface area (Å²) in [7, 11) is 1.88. The summed E-state index contributed by atoms with van der Waals surface area (Å²) in [5.74, 6) is 2.10. The van der Waals surface area contributed by atoms with Crippen molar-refractivity contribution in [1.82, 2.24) is 20.1 Å². The van der Waals surface area contributed by atoms with E-state index in [0.29, 0.717) is 0 Å². The summed E-state index contributed by atoms with van der Waals surface area (Å²) in [5.41, 5.74) is 0. The molecule has 25 heavy (non-hydrogen) atoms. The molecule has 2 heterocycles. The lowest BCUT2D eigenvalue weighted by Crippen LogP contribution is -2.52. The number of nitrogens with zero attached hydrogens (tertiary/aromatic N) is 5. The molecule has 1 aromatic heterocycles. The molecule has 6 nitrogen and oxygen atoms in total. The minimum absolute atomic E-state index is 0.982. The van der Waals surface area contributed by atoms with Gasteiger partial charge in [0, 0.05) is 46.0 Å². The Labute approximate surface area is 152 Å². The van der Waals surface area contributed by atoms with E-state index in [0.717, 1.165) is 57.6 Å². The maximum absolute atomic E-state index is 4.46. The van der Waals surface area contributed by atoms with E-state index in [2.05, 4.69) is 49.9 Å². The minimum atomic E-state index is 0.982. The fourth-order valence-electron chi connectivity index (χ4n) is 3.22. The summed E-state index contributed by atoms with van der Waals surface area (Å²) in [5, 5.41) is 3.53. The molecule has 1 aromatic rings. The molecule has 0 unspecified atom stereocenters. The Morgan fingerprint density at radius 3 is 2.52 bits per heavy atom. The van der Waals surface area contributed by atoms with E-state index < -0.39 is 0 Å². The number of piperazine rings is 1. The normalized spacial score (nSPS) is 15.8. The number of hydrogen-bond acceptors (Lipinski definition) is 4. The first-order valence-electron chi connectivity index (χ1n) is 9.62. The molecular formula is C19H34N6. The Balaban J connectivity index is 1.68. The predicted octanol–water partition coefficient (Wildman–Crippen LogP) is 1.90. The van der Waals surface area contributed by atoms with Crippen molar-refractivity contribution in [3.05, 3.63) is 24.4 Å². The number of hydrogen-bond donors (Lipinski definition) is 1. The number of nitrogens with one attached hydrogen (secondary N) is 1. The molecule has 0 aromatic carbocycles. The molecule has 140 valence electrons. The van der Waals surface area contributed by atoms with Crippen LogP contribution >= 0.6 is 0 Å². The Bertz CT molecular complexity index is 492. The van der Waals surface area contributed by atoms with Crippen molar-refractivity contribution in [3.8, 4) is 0 Å². The monoisotopic (exact) mass is 346 g/mol. The average Bonchev–Trinajstić information content (AvgIpc) is 2.68. The van der Waals surface area contributed by atoms with Gasteiger partial charge in [0.25, 0.3) is 0 Å². The molecule has 0 saturated carbocycles. The Hall–Kier alpha value is -1.82. The van der Waals surface area contributed by atoms with Crippen molar-refractivity contribution < 1.29 is 0 Å². The van der Waals surface area contributed by atoms with Crippen LogP contribution in [0.15, 0.2) is 29.4 Å². The lowest BCUT2D eigenvalue weighted by atomic mass is 10.3. The van der Waals surface area contributed by atoms with Gasteiger partial charge in [-0.15, -0.1) is 0 Å². The van der Waals surface area contributed by atoms with Crippen LogP contribution in [0.4, 0.5) is 5.82 Å². The third kappa shape index (κ3) is 6.20. The second-order valence-corrected chi connectivity index (χ2v) is 6.37. The van der Waals surface area contributed by atoms with Gasteiger partial charge in [-0.05, 0) is 44.6 Å². The summed E-state index contributed by atoms with van der Waals surface area (Å²) in [4.78, 5) is 16.1. The molecule has 0 spiro atoms. The molecule has 1 fully saturated rings.